The highest BCUT2D eigenvalue weighted by Gasteiger charge is 2.32. The second kappa shape index (κ2) is 12.8. The number of nitrogens with zero attached hydrogens (tertiary/aromatic N) is 1. The average molecular weight is 525 g/mol. The minimum absolute atomic E-state index is 0.137. The summed E-state index contributed by atoms with van der Waals surface area (Å²) in [6.07, 6.45) is 4.51. The first-order valence-electron chi connectivity index (χ1n) is 12.2. The van der Waals surface area contributed by atoms with Gasteiger partial charge in [0.25, 0.3) is 5.91 Å². The van der Waals surface area contributed by atoms with Gasteiger partial charge >= 0.3 is 0 Å². The van der Waals surface area contributed by atoms with Gasteiger partial charge in [-0.25, -0.2) is 0 Å². The van der Waals surface area contributed by atoms with Crippen molar-refractivity contribution in [3.05, 3.63) is 100 Å². The van der Waals surface area contributed by atoms with E-state index in [4.69, 9.17) is 27.9 Å². The van der Waals surface area contributed by atoms with Crippen molar-refractivity contribution in [1.29, 1.82) is 0 Å². The van der Waals surface area contributed by atoms with Crippen LogP contribution in [0.25, 0.3) is 0 Å². The lowest BCUT2D eigenvalue weighted by atomic mass is 10.0. The maximum absolute atomic E-state index is 13.6. The average Bonchev–Trinajstić information content (AvgIpc) is 3.40. The van der Waals surface area contributed by atoms with Crippen LogP contribution in [0.15, 0.2) is 78.9 Å². The maximum Gasteiger partial charge on any atom is 0.261 e. The minimum Gasteiger partial charge on any atom is -0.484 e. The van der Waals surface area contributed by atoms with Gasteiger partial charge in [-0.15, -0.1) is 0 Å². The van der Waals surface area contributed by atoms with Gasteiger partial charge in [-0.1, -0.05) is 84.6 Å². The monoisotopic (exact) mass is 524 g/mol. The first kappa shape index (κ1) is 26.1. The van der Waals surface area contributed by atoms with E-state index in [1.807, 2.05) is 48.5 Å². The molecule has 0 unspecified atom stereocenters. The number of nitrogens with one attached hydrogen (secondary N) is 1. The number of ether oxygens (including phenoxy) is 1. The Hall–Kier alpha value is -3.02. The quantitative estimate of drug-likeness (QED) is 0.350. The second-order valence-corrected chi connectivity index (χ2v) is 9.89. The molecule has 0 spiro atoms. The van der Waals surface area contributed by atoms with Crippen molar-refractivity contribution in [2.45, 2.75) is 50.7 Å². The van der Waals surface area contributed by atoms with Crippen LogP contribution in [-0.2, 0) is 22.6 Å². The van der Waals surface area contributed by atoms with Gasteiger partial charge in [-0.05, 0) is 54.3 Å². The van der Waals surface area contributed by atoms with Gasteiger partial charge in [0, 0.05) is 29.1 Å². The zero-order valence-electron chi connectivity index (χ0n) is 20.0. The smallest absolute Gasteiger partial charge is 0.261 e. The SMILES string of the molecule is O=C(NC1CCCC1)[C@H](Cc1ccccc1)N(Cc1ccccc1Cl)C(=O)COc1ccc(Cl)cc1. The van der Waals surface area contributed by atoms with Crippen LogP contribution in [0.4, 0.5) is 0 Å². The summed E-state index contributed by atoms with van der Waals surface area (Å²) in [5.41, 5.74) is 1.74. The predicted molar refractivity (Wildman–Crippen MR) is 143 cm³/mol. The van der Waals surface area contributed by atoms with Crippen LogP contribution < -0.4 is 10.1 Å². The van der Waals surface area contributed by atoms with E-state index >= 15 is 0 Å². The Labute approximate surface area is 222 Å². The Bertz CT molecular complexity index is 1150. The third-order valence-electron chi connectivity index (χ3n) is 6.45. The van der Waals surface area contributed by atoms with Gasteiger partial charge in [0.05, 0.1) is 0 Å². The molecule has 7 heteroatoms. The van der Waals surface area contributed by atoms with E-state index in [-0.39, 0.29) is 31.0 Å². The Morgan fingerprint density at radius 3 is 2.28 bits per heavy atom. The van der Waals surface area contributed by atoms with Crippen LogP contribution in [0.3, 0.4) is 0 Å². The summed E-state index contributed by atoms with van der Waals surface area (Å²) in [6.45, 7) is -0.0217. The third kappa shape index (κ3) is 7.25. The Morgan fingerprint density at radius 1 is 0.917 bits per heavy atom. The molecule has 3 aromatic carbocycles. The fourth-order valence-corrected chi connectivity index (χ4v) is 4.81. The Balaban J connectivity index is 1.61. The highest BCUT2D eigenvalue weighted by molar-refractivity contribution is 6.31. The van der Waals surface area contributed by atoms with Crippen LogP contribution in [-0.4, -0.2) is 35.4 Å². The molecule has 0 aromatic heterocycles. The lowest BCUT2D eigenvalue weighted by Crippen LogP contribution is -2.53. The lowest BCUT2D eigenvalue weighted by Gasteiger charge is -2.32. The Kier molecular flexibility index (Phi) is 9.26. The molecule has 0 saturated heterocycles. The second-order valence-electron chi connectivity index (χ2n) is 9.05. The first-order valence-corrected chi connectivity index (χ1v) is 13.0. The Morgan fingerprint density at radius 2 is 1.58 bits per heavy atom. The molecule has 0 bridgehead atoms. The zero-order chi connectivity index (χ0) is 25.3. The molecule has 0 radical (unpaired) electrons. The third-order valence-corrected chi connectivity index (χ3v) is 7.07. The van der Waals surface area contributed by atoms with Crippen LogP contribution >= 0.6 is 23.2 Å². The van der Waals surface area contributed by atoms with Gasteiger partial charge in [0.2, 0.25) is 5.91 Å². The molecule has 2 amide bonds. The number of benzene rings is 3. The molecule has 5 nitrogen and oxygen atoms in total. The predicted octanol–water partition coefficient (Wildman–Crippen LogP) is 6.07. The fourth-order valence-electron chi connectivity index (χ4n) is 4.49. The van der Waals surface area contributed by atoms with E-state index < -0.39 is 6.04 Å². The van der Waals surface area contributed by atoms with Crippen molar-refractivity contribution in [2.24, 2.45) is 0 Å². The van der Waals surface area contributed by atoms with E-state index in [1.165, 1.54) is 0 Å². The van der Waals surface area contributed by atoms with E-state index in [0.717, 1.165) is 36.8 Å². The highest BCUT2D eigenvalue weighted by atomic mass is 35.5. The van der Waals surface area contributed by atoms with E-state index in [2.05, 4.69) is 5.32 Å². The summed E-state index contributed by atoms with van der Waals surface area (Å²) in [7, 11) is 0. The fraction of sp³-hybridized carbons (Fsp3) is 0.310. The minimum atomic E-state index is -0.717. The van der Waals surface area contributed by atoms with Crippen molar-refractivity contribution in [2.75, 3.05) is 6.61 Å². The van der Waals surface area contributed by atoms with E-state index in [9.17, 15) is 9.59 Å². The van der Waals surface area contributed by atoms with Crippen molar-refractivity contribution >= 4 is 35.0 Å². The molecule has 1 atom stereocenters. The number of amides is 2. The van der Waals surface area contributed by atoms with Gasteiger partial charge in [-0.3, -0.25) is 9.59 Å². The summed E-state index contributed by atoms with van der Waals surface area (Å²) in [6, 6.07) is 23.4. The molecule has 0 heterocycles. The van der Waals surface area contributed by atoms with Gasteiger partial charge in [0.1, 0.15) is 11.8 Å². The zero-order valence-corrected chi connectivity index (χ0v) is 21.5. The van der Waals surface area contributed by atoms with Gasteiger partial charge in [-0.2, -0.15) is 0 Å². The summed E-state index contributed by atoms with van der Waals surface area (Å²) < 4.78 is 5.77. The standard InChI is InChI=1S/C29H30Cl2N2O3/c30-23-14-16-25(17-15-23)36-20-28(34)33(19-22-10-4-7-13-26(22)31)27(18-21-8-2-1-3-9-21)29(35)32-24-11-5-6-12-24/h1-4,7-10,13-17,24,27H,5-6,11-12,18-20H2,(H,32,35)/t27-/m0/s1. The first-order chi connectivity index (χ1) is 17.5. The number of rotatable bonds is 10. The molecule has 1 aliphatic rings. The van der Waals surface area contributed by atoms with Crippen LogP contribution in [0.1, 0.15) is 36.8 Å². The number of carbonyl (C=O) groups excluding carboxylic acids is 2. The molecule has 1 saturated carbocycles. The van der Waals surface area contributed by atoms with Crippen molar-refractivity contribution in [3.8, 4) is 5.75 Å². The highest BCUT2D eigenvalue weighted by Crippen LogP contribution is 2.23. The lowest BCUT2D eigenvalue weighted by molar-refractivity contribution is -0.143. The number of hydrogen-bond acceptors (Lipinski definition) is 3. The summed E-state index contributed by atoms with van der Waals surface area (Å²) in [4.78, 5) is 28.9. The van der Waals surface area contributed by atoms with Crippen molar-refractivity contribution < 1.29 is 14.3 Å². The maximum atomic E-state index is 13.6. The number of hydrogen-bond donors (Lipinski definition) is 1. The summed E-state index contributed by atoms with van der Waals surface area (Å²) >= 11 is 12.4. The van der Waals surface area contributed by atoms with E-state index in [1.54, 1.807) is 35.2 Å². The molecule has 0 aliphatic heterocycles. The molecule has 4 rings (SSSR count). The van der Waals surface area contributed by atoms with Crippen LogP contribution in [0.5, 0.6) is 5.75 Å². The molecular formula is C29H30Cl2N2O3. The summed E-state index contributed by atoms with van der Waals surface area (Å²) in [5, 5.41) is 4.32. The van der Waals surface area contributed by atoms with Crippen molar-refractivity contribution in [3.63, 3.8) is 0 Å². The molecule has 1 fully saturated rings. The molecule has 1 aliphatic carbocycles. The summed E-state index contributed by atoms with van der Waals surface area (Å²) in [5.74, 6) is 0.0745. The normalized spacial score (nSPS) is 14.3. The van der Waals surface area contributed by atoms with Crippen LogP contribution in [0, 0.1) is 0 Å². The molecule has 36 heavy (non-hydrogen) atoms. The number of carbonyl (C=O) groups is 2. The van der Waals surface area contributed by atoms with Crippen molar-refractivity contribution in [1.82, 2.24) is 10.2 Å². The van der Waals surface area contributed by atoms with E-state index in [0.29, 0.717) is 22.2 Å². The number of halogens is 2. The largest absolute Gasteiger partial charge is 0.484 e. The molecule has 188 valence electrons. The van der Waals surface area contributed by atoms with Gasteiger partial charge in [0.15, 0.2) is 6.61 Å². The molecule has 1 N–H and O–H groups in total. The van der Waals surface area contributed by atoms with Gasteiger partial charge < -0.3 is 15.0 Å². The molecular weight excluding hydrogens is 495 g/mol. The topological polar surface area (TPSA) is 58.6 Å². The molecule has 3 aromatic rings. The van der Waals surface area contributed by atoms with Crippen LogP contribution in [0.2, 0.25) is 10.0 Å².